The molecular formula is C27H35ClN4O3S. The van der Waals surface area contributed by atoms with Gasteiger partial charge in [-0.05, 0) is 80.4 Å². The summed E-state index contributed by atoms with van der Waals surface area (Å²) in [5.41, 5.74) is 1.81. The maximum atomic E-state index is 13.0. The van der Waals surface area contributed by atoms with Crippen LogP contribution in [-0.4, -0.2) is 49.0 Å². The molecule has 2 aromatic rings. The largest absolute Gasteiger partial charge is 0.490 e. The van der Waals surface area contributed by atoms with Gasteiger partial charge in [-0.2, -0.15) is 12.6 Å². The average Bonchev–Trinajstić information content (AvgIpc) is 3.53. The third kappa shape index (κ3) is 7.08. The van der Waals surface area contributed by atoms with E-state index in [1.807, 2.05) is 55.5 Å². The normalized spacial score (nSPS) is 22.1. The fourth-order valence-electron chi connectivity index (χ4n) is 4.94. The van der Waals surface area contributed by atoms with E-state index in [9.17, 15) is 9.59 Å². The first kappa shape index (κ1) is 26.6. The fraction of sp³-hybridized carbons (Fsp3) is 0.481. The molecule has 3 amide bonds. The molecule has 0 unspecified atom stereocenters. The summed E-state index contributed by atoms with van der Waals surface area (Å²) in [6.07, 6.45) is 3.92. The molecule has 2 aromatic carbocycles. The standard InChI is InChI=1S/C27H35ClN4O3S/c1-18(19-2-4-20(28)5-3-19)32(26(33)13-15-36)23-7-10-24(11-8-23)35-25-9-6-21(16-25)30-27(34)31-22-12-14-29-17-22/h2-5,7-8,10-11,18,21-22,25,29,36H,6,9,12-17H2,1H3,(H2,30,31,34)/t18-,21+,22-,25+/m0/s1. The molecule has 2 aliphatic rings. The van der Waals surface area contributed by atoms with Crippen LogP contribution in [-0.2, 0) is 4.79 Å². The van der Waals surface area contributed by atoms with Gasteiger partial charge in [0.2, 0.25) is 5.91 Å². The Balaban J connectivity index is 1.35. The zero-order valence-electron chi connectivity index (χ0n) is 20.6. The predicted octanol–water partition coefficient (Wildman–Crippen LogP) is 4.72. The summed E-state index contributed by atoms with van der Waals surface area (Å²) < 4.78 is 6.21. The Kier molecular flexibility index (Phi) is 9.40. The van der Waals surface area contributed by atoms with E-state index in [0.29, 0.717) is 17.2 Å². The van der Waals surface area contributed by atoms with Gasteiger partial charge in [0.05, 0.1) is 6.04 Å². The Morgan fingerprint density at radius 1 is 1.08 bits per heavy atom. The number of urea groups is 1. The number of halogens is 1. The molecule has 1 saturated heterocycles. The Hall–Kier alpha value is -2.42. The molecule has 9 heteroatoms. The summed E-state index contributed by atoms with van der Waals surface area (Å²) >= 11 is 10.3. The van der Waals surface area contributed by atoms with Crippen LogP contribution >= 0.6 is 24.2 Å². The van der Waals surface area contributed by atoms with Crippen LogP contribution in [0.1, 0.15) is 50.6 Å². The predicted molar refractivity (Wildman–Crippen MR) is 147 cm³/mol. The number of hydrogen-bond donors (Lipinski definition) is 4. The van der Waals surface area contributed by atoms with E-state index in [0.717, 1.165) is 55.8 Å². The van der Waals surface area contributed by atoms with Gasteiger partial charge in [0.25, 0.3) is 0 Å². The highest BCUT2D eigenvalue weighted by atomic mass is 35.5. The lowest BCUT2D eigenvalue weighted by molar-refractivity contribution is -0.118. The molecular weight excluding hydrogens is 496 g/mol. The number of carbonyl (C=O) groups excluding carboxylic acids is 2. The lowest BCUT2D eigenvalue weighted by atomic mass is 10.1. The molecule has 0 spiro atoms. The van der Waals surface area contributed by atoms with Crippen molar-refractivity contribution in [2.45, 2.75) is 63.3 Å². The van der Waals surface area contributed by atoms with Crippen molar-refractivity contribution >= 4 is 41.9 Å². The average molecular weight is 531 g/mol. The quantitative estimate of drug-likeness (QED) is 0.354. The molecule has 3 N–H and O–H groups in total. The minimum atomic E-state index is -0.158. The van der Waals surface area contributed by atoms with Crippen LogP contribution in [0.5, 0.6) is 5.75 Å². The highest BCUT2D eigenvalue weighted by molar-refractivity contribution is 7.80. The molecule has 0 aromatic heterocycles. The van der Waals surface area contributed by atoms with E-state index in [-0.39, 0.29) is 36.2 Å². The van der Waals surface area contributed by atoms with Crippen LogP contribution in [0.25, 0.3) is 0 Å². The smallest absolute Gasteiger partial charge is 0.315 e. The number of amides is 3. The molecule has 0 bridgehead atoms. The Morgan fingerprint density at radius 3 is 2.47 bits per heavy atom. The molecule has 194 valence electrons. The van der Waals surface area contributed by atoms with E-state index < -0.39 is 0 Å². The van der Waals surface area contributed by atoms with Gasteiger partial charge in [-0.3, -0.25) is 4.79 Å². The zero-order chi connectivity index (χ0) is 25.5. The Bertz CT molecular complexity index is 1010. The summed E-state index contributed by atoms with van der Waals surface area (Å²) in [6.45, 7) is 3.79. The molecule has 1 saturated carbocycles. The molecule has 1 heterocycles. The summed E-state index contributed by atoms with van der Waals surface area (Å²) in [5.74, 6) is 1.25. The monoisotopic (exact) mass is 530 g/mol. The van der Waals surface area contributed by atoms with Gasteiger partial charge in [-0.15, -0.1) is 0 Å². The minimum Gasteiger partial charge on any atom is -0.490 e. The molecule has 7 nitrogen and oxygen atoms in total. The Morgan fingerprint density at radius 2 is 1.81 bits per heavy atom. The number of thiol groups is 1. The van der Waals surface area contributed by atoms with Crippen molar-refractivity contribution in [1.82, 2.24) is 16.0 Å². The maximum absolute atomic E-state index is 13.0. The van der Waals surface area contributed by atoms with Crippen LogP contribution in [0.4, 0.5) is 10.5 Å². The first-order chi connectivity index (χ1) is 17.4. The number of anilines is 1. The molecule has 1 aliphatic heterocycles. The molecule has 0 radical (unpaired) electrons. The summed E-state index contributed by atoms with van der Waals surface area (Å²) in [6, 6.07) is 15.3. The first-order valence-electron chi connectivity index (χ1n) is 12.7. The maximum Gasteiger partial charge on any atom is 0.315 e. The van der Waals surface area contributed by atoms with Gasteiger partial charge in [-0.25, -0.2) is 4.79 Å². The summed E-state index contributed by atoms with van der Waals surface area (Å²) in [5, 5.41) is 10.0. The SMILES string of the molecule is C[C@@H](c1ccc(Cl)cc1)N(C(=O)CCS)c1ccc(O[C@@H]2CC[C@@H](NC(=O)N[C@H]3CCNC3)C2)cc1. The molecule has 1 aliphatic carbocycles. The van der Waals surface area contributed by atoms with Gasteiger partial charge in [-0.1, -0.05) is 23.7 Å². The van der Waals surface area contributed by atoms with Crippen LogP contribution < -0.4 is 25.6 Å². The van der Waals surface area contributed by atoms with Crippen molar-refractivity contribution < 1.29 is 14.3 Å². The minimum absolute atomic E-state index is 0.0116. The van der Waals surface area contributed by atoms with Gasteiger partial charge in [0.15, 0.2) is 0 Å². The number of nitrogens with one attached hydrogen (secondary N) is 3. The fourth-order valence-corrected chi connectivity index (χ4v) is 5.25. The second-order valence-corrected chi connectivity index (χ2v) is 10.4. The van der Waals surface area contributed by atoms with E-state index in [4.69, 9.17) is 16.3 Å². The van der Waals surface area contributed by atoms with E-state index in [1.54, 1.807) is 4.90 Å². The molecule has 4 rings (SSSR count). The number of nitrogens with zero attached hydrogens (tertiary/aromatic N) is 1. The van der Waals surface area contributed by atoms with Crippen LogP contribution in [0.2, 0.25) is 5.02 Å². The number of hydrogen-bond acceptors (Lipinski definition) is 5. The zero-order valence-corrected chi connectivity index (χ0v) is 22.2. The molecule has 2 fully saturated rings. The lowest BCUT2D eigenvalue weighted by Gasteiger charge is -2.30. The van der Waals surface area contributed by atoms with Crippen molar-refractivity contribution in [3.63, 3.8) is 0 Å². The van der Waals surface area contributed by atoms with Crippen LogP contribution in [0, 0.1) is 0 Å². The van der Waals surface area contributed by atoms with Crippen molar-refractivity contribution in [2.75, 3.05) is 23.7 Å². The topological polar surface area (TPSA) is 82.7 Å². The number of carbonyl (C=O) groups is 2. The van der Waals surface area contributed by atoms with Gasteiger partial charge < -0.3 is 25.6 Å². The van der Waals surface area contributed by atoms with E-state index in [1.165, 1.54) is 0 Å². The molecule has 4 atom stereocenters. The van der Waals surface area contributed by atoms with Crippen molar-refractivity contribution in [3.8, 4) is 5.75 Å². The Labute approximate surface area is 223 Å². The van der Waals surface area contributed by atoms with Crippen molar-refractivity contribution in [2.24, 2.45) is 0 Å². The van der Waals surface area contributed by atoms with Crippen molar-refractivity contribution in [3.05, 3.63) is 59.1 Å². The second kappa shape index (κ2) is 12.7. The van der Waals surface area contributed by atoms with Gasteiger partial charge in [0, 0.05) is 42.2 Å². The number of ether oxygens (including phenoxy) is 1. The van der Waals surface area contributed by atoms with Gasteiger partial charge in [0.1, 0.15) is 11.9 Å². The third-order valence-corrected chi connectivity index (χ3v) is 7.34. The highest BCUT2D eigenvalue weighted by Crippen LogP contribution is 2.31. The highest BCUT2D eigenvalue weighted by Gasteiger charge is 2.28. The van der Waals surface area contributed by atoms with Crippen LogP contribution in [0.15, 0.2) is 48.5 Å². The number of rotatable bonds is 9. The van der Waals surface area contributed by atoms with Crippen LogP contribution in [0.3, 0.4) is 0 Å². The third-order valence-electron chi connectivity index (χ3n) is 6.87. The lowest BCUT2D eigenvalue weighted by Crippen LogP contribution is -2.46. The summed E-state index contributed by atoms with van der Waals surface area (Å²) in [7, 11) is 0. The molecule has 36 heavy (non-hydrogen) atoms. The second-order valence-electron chi connectivity index (χ2n) is 9.52. The van der Waals surface area contributed by atoms with E-state index >= 15 is 0 Å². The first-order valence-corrected chi connectivity index (χ1v) is 13.7. The number of benzene rings is 2. The summed E-state index contributed by atoms with van der Waals surface area (Å²) in [4.78, 5) is 27.1. The van der Waals surface area contributed by atoms with Crippen molar-refractivity contribution in [1.29, 1.82) is 0 Å². The van der Waals surface area contributed by atoms with Gasteiger partial charge >= 0.3 is 6.03 Å². The van der Waals surface area contributed by atoms with E-state index in [2.05, 4.69) is 28.6 Å².